The standard InChI is InChI=1S/C20H21N/c1-3-15-9-11-16(12-10-15)20(21)19-13-8-14(2)17-6-4-5-7-18(17)19/h4-13,20H,3,21H2,1-2H3. The number of hydrogen-bond acceptors (Lipinski definition) is 1. The van der Waals surface area contributed by atoms with Crippen LogP contribution in [0.15, 0.2) is 60.7 Å². The van der Waals surface area contributed by atoms with Gasteiger partial charge in [-0.25, -0.2) is 0 Å². The topological polar surface area (TPSA) is 26.0 Å². The van der Waals surface area contributed by atoms with E-state index in [-0.39, 0.29) is 6.04 Å². The summed E-state index contributed by atoms with van der Waals surface area (Å²) in [4.78, 5) is 0. The molecule has 0 spiro atoms. The van der Waals surface area contributed by atoms with Crippen LogP contribution in [0.3, 0.4) is 0 Å². The fourth-order valence-electron chi connectivity index (χ4n) is 2.88. The van der Waals surface area contributed by atoms with Crippen molar-refractivity contribution in [3.05, 3.63) is 82.9 Å². The summed E-state index contributed by atoms with van der Waals surface area (Å²) in [6, 6.07) is 21.4. The minimum Gasteiger partial charge on any atom is -0.320 e. The maximum Gasteiger partial charge on any atom is 0.0557 e. The fourth-order valence-corrected chi connectivity index (χ4v) is 2.88. The minimum absolute atomic E-state index is 0.0820. The molecule has 1 unspecified atom stereocenters. The van der Waals surface area contributed by atoms with Crippen LogP contribution >= 0.6 is 0 Å². The second-order valence-corrected chi connectivity index (χ2v) is 5.59. The Bertz CT molecular complexity index is 756. The zero-order valence-electron chi connectivity index (χ0n) is 12.6. The van der Waals surface area contributed by atoms with E-state index in [1.807, 2.05) is 0 Å². The molecule has 0 amide bonds. The Labute approximate surface area is 126 Å². The second-order valence-electron chi connectivity index (χ2n) is 5.59. The van der Waals surface area contributed by atoms with Crippen LogP contribution in [0.4, 0.5) is 0 Å². The van der Waals surface area contributed by atoms with Crippen LogP contribution < -0.4 is 5.73 Å². The molecule has 0 aliphatic rings. The molecule has 1 nitrogen and oxygen atoms in total. The van der Waals surface area contributed by atoms with Gasteiger partial charge in [0.15, 0.2) is 0 Å². The van der Waals surface area contributed by atoms with Crippen molar-refractivity contribution in [2.75, 3.05) is 0 Å². The van der Waals surface area contributed by atoms with E-state index in [0.717, 1.165) is 6.42 Å². The van der Waals surface area contributed by atoms with Crippen LogP contribution in [-0.2, 0) is 6.42 Å². The van der Waals surface area contributed by atoms with Crippen LogP contribution in [0.5, 0.6) is 0 Å². The van der Waals surface area contributed by atoms with Crippen molar-refractivity contribution in [1.82, 2.24) is 0 Å². The van der Waals surface area contributed by atoms with Crippen LogP contribution in [0, 0.1) is 6.92 Å². The Morgan fingerprint density at radius 1 is 0.857 bits per heavy atom. The molecule has 0 fully saturated rings. The molecule has 0 aromatic heterocycles. The summed E-state index contributed by atoms with van der Waals surface area (Å²) in [5, 5.41) is 2.54. The van der Waals surface area contributed by atoms with Crippen molar-refractivity contribution in [2.45, 2.75) is 26.3 Å². The van der Waals surface area contributed by atoms with Gasteiger partial charge in [0, 0.05) is 0 Å². The lowest BCUT2D eigenvalue weighted by atomic mass is 9.92. The van der Waals surface area contributed by atoms with Gasteiger partial charge in [0.05, 0.1) is 6.04 Å². The Kier molecular flexibility index (Phi) is 3.76. The SMILES string of the molecule is CCc1ccc(C(N)c2ccc(C)c3ccccc23)cc1. The monoisotopic (exact) mass is 275 g/mol. The van der Waals surface area contributed by atoms with E-state index < -0.39 is 0 Å². The van der Waals surface area contributed by atoms with Gasteiger partial charge in [-0.1, -0.05) is 67.6 Å². The molecule has 106 valence electrons. The van der Waals surface area contributed by atoms with Crippen molar-refractivity contribution in [3.8, 4) is 0 Å². The summed E-state index contributed by atoms with van der Waals surface area (Å²) >= 11 is 0. The van der Waals surface area contributed by atoms with Crippen LogP contribution in [-0.4, -0.2) is 0 Å². The fraction of sp³-hybridized carbons (Fsp3) is 0.200. The summed E-state index contributed by atoms with van der Waals surface area (Å²) in [6.45, 7) is 4.32. The Hall–Kier alpha value is -2.12. The van der Waals surface area contributed by atoms with Crippen molar-refractivity contribution in [2.24, 2.45) is 5.73 Å². The van der Waals surface area contributed by atoms with Crippen molar-refractivity contribution in [3.63, 3.8) is 0 Å². The van der Waals surface area contributed by atoms with Crippen LogP contribution in [0.2, 0.25) is 0 Å². The molecule has 21 heavy (non-hydrogen) atoms. The highest BCUT2D eigenvalue weighted by atomic mass is 14.6. The number of nitrogens with two attached hydrogens (primary N) is 1. The molecule has 1 heteroatoms. The summed E-state index contributed by atoms with van der Waals surface area (Å²) in [6.07, 6.45) is 1.06. The van der Waals surface area contributed by atoms with Gasteiger partial charge in [-0.15, -0.1) is 0 Å². The Morgan fingerprint density at radius 2 is 1.52 bits per heavy atom. The minimum atomic E-state index is -0.0820. The predicted octanol–water partition coefficient (Wildman–Crippen LogP) is 4.76. The van der Waals surface area contributed by atoms with Gasteiger partial charge >= 0.3 is 0 Å². The molecule has 0 saturated heterocycles. The summed E-state index contributed by atoms with van der Waals surface area (Å²) in [5.41, 5.74) is 11.5. The molecule has 0 saturated carbocycles. The number of aryl methyl sites for hydroxylation is 2. The highest BCUT2D eigenvalue weighted by molar-refractivity contribution is 5.89. The molecular formula is C20H21N. The van der Waals surface area contributed by atoms with Crippen LogP contribution in [0.1, 0.15) is 35.2 Å². The second kappa shape index (κ2) is 5.71. The van der Waals surface area contributed by atoms with Crippen molar-refractivity contribution >= 4 is 10.8 Å². The van der Waals surface area contributed by atoms with Gasteiger partial charge < -0.3 is 5.73 Å². The third kappa shape index (κ3) is 2.57. The Balaban J connectivity index is 2.08. The van der Waals surface area contributed by atoms with Gasteiger partial charge in [-0.05, 0) is 46.4 Å². The smallest absolute Gasteiger partial charge is 0.0557 e. The molecule has 0 heterocycles. The average molecular weight is 275 g/mol. The normalized spacial score (nSPS) is 12.5. The summed E-state index contributed by atoms with van der Waals surface area (Å²) < 4.78 is 0. The molecule has 1 atom stereocenters. The highest BCUT2D eigenvalue weighted by Gasteiger charge is 2.12. The van der Waals surface area contributed by atoms with Gasteiger partial charge in [0.2, 0.25) is 0 Å². The van der Waals surface area contributed by atoms with Gasteiger partial charge in [0.1, 0.15) is 0 Å². The molecule has 3 rings (SSSR count). The molecule has 3 aromatic carbocycles. The van der Waals surface area contributed by atoms with E-state index in [1.54, 1.807) is 0 Å². The molecular weight excluding hydrogens is 254 g/mol. The molecule has 0 radical (unpaired) electrons. The largest absolute Gasteiger partial charge is 0.320 e. The first-order chi connectivity index (χ1) is 10.2. The van der Waals surface area contributed by atoms with E-state index >= 15 is 0 Å². The van der Waals surface area contributed by atoms with Gasteiger partial charge in [0.25, 0.3) is 0 Å². The van der Waals surface area contributed by atoms with E-state index in [2.05, 4.69) is 74.5 Å². The van der Waals surface area contributed by atoms with E-state index in [0.29, 0.717) is 0 Å². The zero-order valence-corrected chi connectivity index (χ0v) is 12.6. The average Bonchev–Trinajstić information content (AvgIpc) is 2.55. The van der Waals surface area contributed by atoms with E-state index in [1.165, 1.54) is 33.0 Å². The third-order valence-electron chi connectivity index (χ3n) is 4.26. The van der Waals surface area contributed by atoms with Crippen molar-refractivity contribution in [1.29, 1.82) is 0 Å². The lowest BCUT2D eigenvalue weighted by Crippen LogP contribution is -2.12. The molecule has 0 aliphatic carbocycles. The van der Waals surface area contributed by atoms with Gasteiger partial charge in [-0.3, -0.25) is 0 Å². The molecule has 2 N–H and O–H groups in total. The van der Waals surface area contributed by atoms with Crippen molar-refractivity contribution < 1.29 is 0 Å². The number of rotatable bonds is 3. The first-order valence-corrected chi connectivity index (χ1v) is 7.53. The quantitative estimate of drug-likeness (QED) is 0.733. The third-order valence-corrected chi connectivity index (χ3v) is 4.26. The van der Waals surface area contributed by atoms with E-state index in [9.17, 15) is 0 Å². The van der Waals surface area contributed by atoms with Gasteiger partial charge in [-0.2, -0.15) is 0 Å². The molecule has 3 aromatic rings. The first-order valence-electron chi connectivity index (χ1n) is 7.53. The maximum absolute atomic E-state index is 6.52. The summed E-state index contributed by atoms with van der Waals surface area (Å²) in [7, 11) is 0. The highest BCUT2D eigenvalue weighted by Crippen LogP contribution is 2.29. The molecule has 0 bridgehead atoms. The summed E-state index contributed by atoms with van der Waals surface area (Å²) in [5.74, 6) is 0. The lowest BCUT2D eigenvalue weighted by molar-refractivity contribution is 0.878. The number of benzene rings is 3. The predicted molar refractivity (Wildman–Crippen MR) is 90.5 cm³/mol. The zero-order chi connectivity index (χ0) is 14.8. The Morgan fingerprint density at radius 3 is 2.19 bits per heavy atom. The van der Waals surface area contributed by atoms with Crippen LogP contribution in [0.25, 0.3) is 10.8 Å². The lowest BCUT2D eigenvalue weighted by Gasteiger charge is -2.17. The molecule has 0 aliphatic heterocycles. The van der Waals surface area contributed by atoms with E-state index in [4.69, 9.17) is 5.73 Å². The maximum atomic E-state index is 6.52. The first kappa shape index (κ1) is 13.8. The number of fused-ring (bicyclic) bond motifs is 1. The number of hydrogen-bond donors (Lipinski definition) is 1.